The average Bonchev–Trinajstić information content (AvgIpc) is 3.32. The van der Waals surface area contributed by atoms with E-state index in [0.29, 0.717) is 17.5 Å². The highest BCUT2D eigenvalue weighted by Gasteiger charge is 2.24. The van der Waals surface area contributed by atoms with Gasteiger partial charge in [-0.2, -0.15) is 0 Å². The zero-order chi connectivity index (χ0) is 14.9. The topological polar surface area (TPSA) is 58.2 Å². The maximum atomic E-state index is 12.4. The van der Waals surface area contributed by atoms with Crippen molar-refractivity contribution in [2.75, 3.05) is 6.54 Å². The summed E-state index contributed by atoms with van der Waals surface area (Å²) in [6.07, 6.45) is 5.94. The van der Waals surface area contributed by atoms with Gasteiger partial charge in [0.15, 0.2) is 0 Å². The van der Waals surface area contributed by atoms with Crippen molar-refractivity contribution in [2.24, 2.45) is 5.92 Å². The Balaban J connectivity index is 1.67. The van der Waals surface area contributed by atoms with Gasteiger partial charge in [0, 0.05) is 19.1 Å². The van der Waals surface area contributed by atoms with Crippen LogP contribution in [0, 0.1) is 12.8 Å². The lowest BCUT2D eigenvalue weighted by Crippen LogP contribution is -2.26. The number of sulfonamides is 1. The van der Waals surface area contributed by atoms with Crippen molar-refractivity contribution in [1.82, 2.24) is 10.0 Å². The van der Waals surface area contributed by atoms with Crippen LogP contribution in [-0.4, -0.2) is 21.0 Å². The van der Waals surface area contributed by atoms with Gasteiger partial charge < -0.3 is 5.32 Å². The molecule has 1 aromatic carbocycles. The minimum absolute atomic E-state index is 0.424. The van der Waals surface area contributed by atoms with Gasteiger partial charge in [-0.25, -0.2) is 13.1 Å². The van der Waals surface area contributed by atoms with Crippen molar-refractivity contribution in [3.8, 4) is 0 Å². The number of rotatable bonds is 8. The Bertz CT molecular complexity index is 605. The van der Waals surface area contributed by atoms with Gasteiger partial charge >= 0.3 is 0 Å². The summed E-state index contributed by atoms with van der Waals surface area (Å²) >= 11 is 0. The fourth-order valence-electron chi connectivity index (χ4n) is 2.57. The van der Waals surface area contributed by atoms with E-state index in [0.717, 1.165) is 30.0 Å². The zero-order valence-corrected chi connectivity index (χ0v) is 13.4. The van der Waals surface area contributed by atoms with Crippen LogP contribution in [0.4, 0.5) is 0 Å². The summed E-state index contributed by atoms with van der Waals surface area (Å²) in [6.45, 7) is 3.21. The zero-order valence-electron chi connectivity index (χ0n) is 12.6. The number of benzene rings is 1. The van der Waals surface area contributed by atoms with E-state index in [1.54, 1.807) is 6.07 Å². The Kier molecular flexibility index (Phi) is 4.33. The van der Waals surface area contributed by atoms with Crippen molar-refractivity contribution in [2.45, 2.75) is 56.5 Å². The third-order valence-corrected chi connectivity index (χ3v) is 5.99. The van der Waals surface area contributed by atoms with Gasteiger partial charge in [-0.1, -0.05) is 25.0 Å². The van der Waals surface area contributed by atoms with E-state index >= 15 is 0 Å². The van der Waals surface area contributed by atoms with Crippen LogP contribution < -0.4 is 10.0 Å². The van der Waals surface area contributed by atoms with E-state index in [4.69, 9.17) is 0 Å². The average molecular weight is 308 g/mol. The predicted molar refractivity (Wildman–Crippen MR) is 83.6 cm³/mol. The molecule has 0 spiro atoms. The first-order chi connectivity index (χ1) is 10.1. The first-order valence-electron chi connectivity index (χ1n) is 7.88. The third kappa shape index (κ3) is 4.05. The molecule has 116 valence electrons. The number of hydrogen-bond acceptors (Lipinski definition) is 3. The van der Waals surface area contributed by atoms with E-state index < -0.39 is 10.0 Å². The lowest BCUT2D eigenvalue weighted by atomic mass is 10.1. The summed E-state index contributed by atoms with van der Waals surface area (Å²) < 4.78 is 27.6. The van der Waals surface area contributed by atoms with E-state index in [1.165, 1.54) is 25.7 Å². The number of hydrogen-bond donors (Lipinski definition) is 2. The van der Waals surface area contributed by atoms with E-state index in [1.807, 2.05) is 19.1 Å². The summed E-state index contributed by atoms with van der Waals surface area (Å²) in [5.41, 5.74) is 1.94. The second-order valence-corrected chi connectivity index (χ2v) is 8.06. The molecule has 0 bridgehead atoms. The molecule has 0 unspecified atom stereocenters. The van der Waals surface area contributed by atoms with Gasteiger partial charge in [0.05, 0.1) is 4.90 Å². The molecule has 1 aromatic rings. The number of nitrogens with one attached hydrogen (secondary N) is 2. The highest BCUT2D eigenvalue weighted by molar-refractivity contribution is 7.89. The largest absolute Gasteiger partial charge is 0.310 e. The van der Waals surface area contributed by atoms with Gasteiger partial charge in [0.1, 0.15) is 0 Å². The van der Waals surface area contributed by atoms with Crippen molar-refractivity contribution in [3.63, 3.8) is 0 Å². The van der Waals surface area contributed by atoms with Crippen LogP contribution in [0.1, 0.15) is 43.2 Å². The van der Waals surface area contributed by atoms with Gasteiger partial charge in [-0.05, 0) is 49.3 Å². The highest BCUT2D eigenvalue weighted by atomic mass is 32.2. The fraction of sp³-hybridized carbons (Fsp3) is 0.625. The molecule has 3 rings (SSSR count). The van der Waals surface area contributed by atoms with Crippen LogP contribution in [0.2, 0.25) is 0 Å². The summed E-state index contributed by atoms with van der Waals surface area (Å²) in [5, 5.41) is 3.44. The van der Waals surface area contributed by atoms with Crippen molar-refractivity contribution in [1.29, 1.82) is 0 Å². The monoisotopic (exact) mass is 308 g/mol. The van der Waals surface area contributed by atoms with E-state index in [-0.39, 0.29) is 0 Å². The molecule has 0 heterocycles. The Hall–Kier alpha value is -0.910. The molecular formula is C16H24N2O2S. The van der Waals surface area contributed by atoms with Crippen LogP contribution in [0.25, 0.3) is 0 Å². The van der Waals surface area contributed by atoms with Crippen molar-refractivity contribution >= 4 is 10.0 Å². The minimum Gasteiger partial charge on any atom is -0.310 e. The molecule has 2 N–H and O–H groups in total. The minimum atomic E-state index is -3.38. The second-order valence-electron chi connectivity index (χ2n) is 6.33. The van der Waals surface area contributed by atoms with Gasteiger partial charge in [-0.15, -0.1) is 0 Å². The Morgan fingerprint density at radius 2 is 1.95 bits per heavy atom. The summed E-state index contributed by atoms with van der Waals surface area (Å²) in [6, 6.07) is 6.18. The smallest absolute Gasteiger partial charge is 0.240 e. The molecule has 2 fully saturated rings. The molecule has 0 amide bonds. The molecule has 2 aliphatic rings. The molecule has 5 heteroatoms. The lowest BCUT2D eigenvalue weighted by Gasteiger charge is -2.13. The van der Waals surface area contributed by atoms with Crippen molar-refractivity contribution in [3.05, 3.63) is 29.3 Å². The summed E-state index contributed by atoms with van der Waals surface area (Å²) in [4.78, 5) is 0.424. The normalized spacial score (nSPS) is 18.9. The fourth-order valence-corrected chi connectivity index (χ4v) is 3.90. The van der Waals surface area contributed by atoms with Crippen LogP contribution in [0.15, 0.2) is 23.1 Å². The molecule has 4 nitrogen and oxygen atoms in total. The predicted octanol–water partition coefficient (Wildman–Crippen LogP) is 2.33. The molecule has 0 radical (unpaired) electrons. The maximum Gasteiger partial charge on any atom is 0.240 e. The third-order valence-electron chi connectivity index (χ3n) is 4.39. The van der Waals surface area contributed by atoms with Crippen LogP contribution in [0.3, 0.4) is 0 Å². The standard InChI is InChI=1S/C16H24N2O2S/c1-12-14(11-17-15-7-8-15)3-2-4-16(12)21(19,20)18-10-9-13-5-6-13/h2-4,13,15,17-18H,5-11H2,1H3. The molecular weight excluding hydrogens is 284 g/mol. The lowest BCUT2D eigenvalue weighted by molar-refractivity contribution is 0.574. The Labute approximate surface area is 127 Å². The first-order valence-corrected chi connectivity index (χ1v) is 9.36. The van der Waals surface area contributed by atoms with E-state index in [9.17, 15) is 8.42 Å². The van der Waals surface area contributed by atoms with Crippen LogP contribution >= 0.6 is 0 Å². The van der Waals surface area contributed by atoms with Crippen molar-refractivity contribution < 1.29 is 8.42 Å². The SMILES string of the molecule is Cc1c(CNC2CC2)cccc1S(=O)(=O)NCCC1CC1. The molecule has 0 atom stereocenters. The molecule has 0 saturated heterocycles. The first kappa shape index (κ1) is 15.0. The molecule has 21 heavy (non-hydrogen) atoms. The van der Waals surface area contributed by atoms with Crippen LogP contribution in [-0.2, 0) is 16.6 Å². The summed E-state index contributed by atoms with van der Waals surface area (Å²) in [7, 11) is -3.38. The Morgan fingerprint density at radius 1 is 1.19 bits per heavy atom. The molecule has 0 aromatic heterocycles. The molecule has 0 aliphatic heterocycles. The van der Waals surface area contributed by atoms with Gasteiger partial charge in [0.2, 0.25) is 10.0 Å². The van der Waals surface area contributed by atoms with Crippen LogP contribution in [0.5, 0.6) is 0 Å². The summed E-state index contributed by atoms with van der Waals surface area (Å²) in [5.74, 6) is 0.739. The highest BCUT2D eigenvalue weighted by Crippen LogP contribution is 2.32. The van der Waals surface area contributed by atoms with E-state index in [2.05, 4.69) is 10.0 Å². The quantitative estimate of drug-likeness (QED) is 0.775. The van der Waals surface area contributed by atoms with Gasteiger partial charge in [0.25, 0.3) is 0 Å². The Morgan fingerprint density at radius 3 is 2.62 bits per heavy atom. The maximum absolute atomic E-state index is 12.4. The van der Waals surface area contributed by atoms with Gasteiger partial charge in [-0.3, -0.25) is 0 Å². The molecule has 2 saturated carbocycles. The molecule has 2 aliphatic carbocycles. The second kappa shape index (κ2) is 6.07.